The van der Waals surface area contributed by atoms with Crippen LogP contribution in [0.4, 0.5) is 5.00 Å². The fourth-order valence-corrected chi connectivity index (χ4v) is 4.17. The molecule has 0 bridgehead atoms. The maximum absolute atomic E-state index is 9.17. The van der Waals surface area contributed by atoms with Crippen LogP contribution in [0, 0.1) is 11.3 Å². The van der Waals surface area contributed by atoms with Crippen molar-refractivity contribution in [3.8, 4) is 6.07 Å². The van der Waals surface area contributed by atoms with Crippen molar-refractivity contribution in [1.82, 2.24) is 5.32 Å². The molecule has 3 nitrogen and oxygen atoms in total. The van der Waals surface area contributed by atoms with E-state index in [1.807, 2.05) is 0 Å². The Morgan fingerprint density at radius 2 is 2.33 bits per heavy atom. The van der Waals surface area contributed by atoms with Crippen molar-refractivity contribution in [3.05, 3.63) is 16.0 Å². The summed E-state index contributed by atoms with van der Waals surface area (Å²) in [6.07, 6.45) is 1.18. The van der Waals surface area contributed by atoms with Crippen molar-refractivity contribution < 1.29 is 0 Å². The van der Waals surface area contributed by atoms with E-state index in [1.165, 1.54) is 16.9 Å². The molecular formula is C11H13N3S. The second kappa shape index (κ2) is 2.75. The molecule has 78 valence electrons. The zero-order valence-corrected chi connectivity index (χ0v) is 9.45. The van der Waals surface area contributed by atoms with Gasteiger partial charge in [0.15, 0.2) is 0 Å². The standard InChI is InChI=1S/C11H13N3S/c1-6-2-11(4-14-5-11)8-7(3-12)10(13)15-9(6)8/h6,14H,2,4-5,13H2,1H3. The summed E-state index contributed by atoms with van der Waals surface area (Å²) in [5.74, 6) is 0.566. The van der Waals surface area contributed by atoms with E-state index in [9.17, 15) is 0 Å². The van der Waals surface area contributed by atoms with Gasteiger partial charge < -0.3 is 11.1 Å². The molecule has 2 heterocycles. The highest BCUT2D eigenvalue weighted by Gasteiger charge is 2.49. The molecule has 1 saturated heterocycles. The minimum Gasteiger partial charge on any atom is -0.389 e. The fourth-order valence-electron chi connectivity index (χ4n) is 2.98. The Labute approximate surface area is 92.9 Å². The molecule has 0 aromatic carbocycles. The summed E-state index contributed by atoms with van der Waals surface area (Å²) < 4.78 is 0. The van der Waals surface area contributed by atoms with Crippen LogP contribution in [0.5, 0.6) is 0 Å². The molecule has 3 rings (SSSR count). The lowest BCUT2D eigenvalue weighted by Crippen LogP contribution is -2.55. The monoisotopic (exact) mass is 219 g/mol. The Balaban J connectivity index is 2.24. The van der Waals surface area contributed by atoms with E-state index >= 15 is 0 Å². The molecule has 0 saturated carbocycles. The van der Waals surface area contributed by atoms with Crippen LogP contribution in [0.15, 0.2) is 0 Å². The van der Waals surface area contributed by atoms with Crippen molar-refractivity contribution in [1.29, 1.82) is 5.26 Å². The SMILES string of the molecule is CC1CC2(CNC2)c2c1sc(N)c2C#N. The third-order valence-corrected chi connectivity index (χ3v) is 4.93. The van der Waals surface area contributed by atoms with E-state index in [0.717, 1.165) is 18.7 Å². The van der Waals surface area contributed by atoms with E-state index < -0.39 is 0 Å². The lowest BCUT2D eigenvalue weighted by Gasteiger charge is -2.40. The number of nitrogen functional groups attached to an aromatic ring is 1. The molecule has 1 aromatic rings. The largest absolute Gasteiger partial charge is 0.389 e. The number of anilines is 1. The van der Waals surface area contributed by atoms with Gasteiger partial charge in [0.2, 0.25) is 0 Å². The minimum absolute atomic E-state index is 0.230. The van der Waals surface area contributed by atoms with Crippen LogP contribution in [-0.2, 0) is 5.41 Å². The number of nitriles is 1. The number of nitrogens with zero attached hydrogens (tertiary/aromatic N) is 1. The van der Waals surface area contributed by atoms with E-state index in [2.05, 4.69) is 18.3 Å². The van der Waals surface area contributed by atoms with E-state index in [4.69, 9.17) is 11.0 Å². The lowest BCUT2D eigenvalue weighted by atomic mass is 9.75. The smallest absolute Gasteiger partial charge is 0.104 e. The van der Waals surface area contributed by atoms with Gasteiger partial charge in [-0.1, -0.05) is 6.92 Å². The molecule has 1 spiro atoms. The number of nitrogens with one attached hydrogen (secondary N) is 1. The number of rotatable bonds is 0. The second-order valence-corrected chi connectivity index (χ2v) is 5.77. The maximum atomic E-state index is 9.17. The Morgan fingerprint density at radius 3 is 2.87 bits per heavy atom. The molecule has 1 aliphatic heterocycles. The molecule has 1 aliphatic carbocycles. The molecule has 2 aliphatic rings. The average Bonchev–Trinajstić information content (AvgIpc) is 2.61. The summed E-state index contributed by atoms with van der Waals surface area (Å²) in [6.45, 7) is 4.26. The number of nitrogens with two attached hydrogens (primary N) is 1. The first-order chi connectivity index (χ1) is 7.18. The lowest BCUT2D eigenvalue weighted by molar-refractivity contribution is 0.267. The van der Waals surface area contributed by atoms with Crippen molar-refractivity contribution in [2.45, 2.75) is 24.7 Å². The Bertz CT molecular complexity index is 465. The van der Waals surface area contributed by atoms with Gasteiger partial charge in [-0.3, -0.25) is 0 Å². The highest BCUT2D eigenvalue weighted by atomic mass is 32.1. The second-order valence-electron chi connectivity index (χ2n) is 4.68. The van der Waals surface area contributed by atoms with E-state index in [0.29, 0.717) is 10.9 Å². The molecule has 0 radical (unpaired) electrons. The zero-order valence-electron chi connectivity index (χ0n) is 8.63. The van der Waals surface area contributed by atoms with Gasteiger partial charge in [0.1, 0.15) is 11.1 Å². The van der Waals surface area contributed by atoms with Gasteiger partial charge in [-0.25, -0.2) is 0 Å². The van der Waals surface area contributed by atoms with Crippen LogP contribution in [-0.4, -0.2) is 13.1 Å². The summed E-state index contributed by atoms with van der Waals surface area (Å²) in [5.41, 5.74) is 8.14. The van der Waals surface area contributed by atoms with Gasteiger partial charge in [-0.15, -0.1) is 11.3 Å². The topological polar surface area (TPSA) is 61.8 Å². The molecule has 3 N–H and O–H groups in total. The van der Waals surface area contributed by atoms with Crippen LogP contribution >= 0.6 is 11.3 Å². The van der Waals surface area contributed by atoms with Crippen molar-refractivity contribution in [2.24, 2.45) is 0 Å². The Morgan fingerprint density at radius 1 is 1.60 bits per heavy atom. The van der Waals surface area contributed by atoms with Gasteiger partial charge in [0.25, 0.3) is 0 Å². The molecule has 1 atom stereocenters. The van der Waals surface area contributed by atoms with E-state index in [-0.39, 0.29) is 5.41 Å². The highest BCUT2D eigenvalue weighted by molar-refractivity contribution is 7.16. The van der Waals surface area contributed by atoms with Crippen molar-refractivity contribution in [3.63, 3.8) is 0 Å². The molecule has 1 aromatic heterocycles. The molecule has 1 unspecified atom stereocenters. The normalized spacial score (nSPS) is 26.0. The fraction of sp³-hybridized carbons (Fsp3) is 0.545. The predicted octanol–water partition coefficient (Wildman–Crippen LogP) is 1.55. The molecule has 4 heteroatoms. The molecule has 1 fully saturated rings. The van der Waals surface area contributed by atoms with Gasteiger partial charge in [-0.2, -0.15) is 5.26 Å². The molecular weight excluding hydrogens is 206 g/mol. The summed E-state index contributed by atoms with van der Waals surface area (Å²) in [7, 11) is 0. The number of hydrogen-bond acceptors (Lipinski definition) is 4. The van der Waals surface area contributed by atoms with Crippen LogP contribution in [0.25, 0.3) is 0 Å². The quantitative estimate of drug-likeness (QED) is 0.696. The third-order valence-electron chi connectivity index (χ3n) is 3.68. The molecule has 0 amide bonds. The zero-order chi connectivity index (χ0) is 10.6. The van der Waals surface area contributed by atoms with Crippen LogP contribution in [0.1, 0.15) is 35.3 Å². The summed E-state index contributed by atoms with van der Waals surface area (Å²) >= 11 is 1.62. The van der Waals surface area contributed by atoms with Gasteiger partial charge >= 0.3 is 0 Å². The minimum atomic E-state index is 0.230. The van der Waals surface area contributed by atoms with Gasteiger partial charge in [-0.05, 0) is 17.9 Å². The van der Waals surface area contributed by atoms with E-state index in [1.54, 1.807) is 11.3 Å². The maximum Gasteiger partial charge on any atom is 0.104 e. The number of fused-ring (bicyclic) bond motifs is 2. The van der Waals surface area contributed by atoms with Crippen molar-refractivity contribution in [2.75, 3.05) is 18.8 Å². The summed E-state index contributed by atoms with van der Waals surface area (Å²) in [6, 6.07) is 2.28. The van der Waals surface area contributed by atoms with Gasteiger partial charge in [0, 0.05) is 23.4 Å². The first-order valence-corrected chi connectivity index (χ1v) is 6.03. The Kier molecular flexibility index (Phi) is 1.68. The highest BCUT2D eigenvalue weighted by Crippen LogP contribution is 2.54. The van der Waals surface area contributed by atoms with Crippen molar-refractivity contribution >= 4 is 16.3 Å². The summed E-state index contributed by atoms with van der Waals surface area (Å²) in [5, 5.41) is 13.2. The first-order valence-electron chi connectivity index (χ1n) is 5.21. The summed E-state index contributed by atoms with van der Waals surface area (Å²) in [4.78, 5) is 1.35. The number of thiophene rings is 1. The number of hydrogen-bond donors (Lipinski definition) is 2. The first kappa shape index (κ1) is 9.20. The average molecular weight is 219 g/mol. The van der Waals surface area contributed by atoms with Gasteiger partial charge in [0.05, 0.1) is 5.56 Å². The van der Waals surface area contributed by atoms with Crippen LogP contribution in [0.2, 0.25) is 0 Å². The van der Waals surface area contributed by atoms with Crippen LogP contribution in [0.3, 0.4) is 0 Å². The van der Waals surface area contributed by atoms with Crippen LogP contribution < -0.4 is 11.1 Å². The Hall–Kier alpha value is -1.05. The predicted molar refractivity (Wildman–Crippen MR) is 61.0 cm³/mol. The molecule has 15 heavy (non-hydrogen) atoms. The third kappa shape index (κ3) is 0.973.